The van der Waals surface area contributed by atoms with E-state index in [2.05, 4.69) is 61.2 Å². The second-order valence-electron chi connectivity index (χ2n) is 8.90. The van der Waals surface area contributed by atoms with E-state index in [0.29, 0.717) is 24.6 Å². The summed E-state index contributed by atoms with van der Waals surface area (Å²) in [6.45, 7) is 13.3. The van der Waals surface area contributed by atoms with Crippen LogP contribution in [0, 0.1) is 13.8 Å². The third-order valence-corrected chi connectivity index (χ3v) is 5.73. The first-order chi connectivity index (χ1) is 13.8. The number of fused-ring (bicyclic) bond motifs is 1. The second-order valence-corrected chi connectivity index (χ2v) is 8.90. The third kappa shape index (κ3) is 3.70. The summed E-state index contributed by atoms with van der Waals surface area (Å²) in [5, 5.41) is 13.6. The third-order valence-electron chi connectivity index (χ3n) is 5.73. The smallest absolute Gasteiger partial charge is 0.258 e. The molecule has 1 fully saturated rings. The predicted octanol–water partition coefficient (Wildman–Crippen LogP) is 0.891. The average Bonchev–Trinajstić information content (AvgIpc) is 3.15. The van der Waals surface area contributed by atoms with Gasteiger partial charge in [0.15, 0.2) is 6.04 Å². The Hall–Kier alpha value is -2.58. The van der Waals surface area contributed by atoms with Gasteiger partial charge in [0.25, 0.3) is 5.56 Å². The fourth-order valence-corrected chi connectivity index (χ4v) is 4.02. The number of rotatable bonds is 3. The number of pyridine rings is 1. The van der Waals surface area contributed by atoms with Crippen molar-refractivity contribution in [2.45, 2.75) is 46.2 Å². The molecule has 1 aliphatic rings. The monoisotopic (exact) mass is 397 g/mol. The second kappa shape index (κ2) is 7.35. The Morgan fingerprint density at radius 3 is 2.52 bits per heavy atom. The number of aryl methyl sites for hydroxylation is 2. The lowest BCUT2D eigenvalue weighted by Crippen LogP contribution is -3.14. The van der Waals surface area contributed by atoms with Crippen LogP contribution in [-0.2, 0) is 10.3 Å². The Morgan fingerprint density at radius 1 is 1.14 bits per heavy atom. The lowest BCUT2D eigenvalue weighted by atomic mass is 9.99. The van der Waals surface area contributed by atoms with Crippen molar-refractivity contribution >= 4 is 10.9 Å². The zero-order valence-electron chi connectivity index (χ0n) is 17.7. The zero-order valence-corrected chi connectivity index (χ0v) is 17.7. The van der Waals surface area contributed by atoms with Gasteiger partial charge in [0.05, 0.1) is 24.3 Å². The van der Waals surface area contributed by atoms with E-state index in [-0.39, 0.29) is 17.1 Å². The van der Waals surface area contributed by atoms with Crippen molar-refractivity contribution in [2.75, 3.05) is 26.3 Å². The molecule has 1 aromatic carbocycles. The first kappa shape index (κ1) is 19.7. The van der Waals surface area contributed by atoms with Gasteiger partial charge in [-0.1, -0.05) is 0 Å². The van der Waals surface area contributed by atoms with E-state index in [9.17, 15) is 4.79 Å². The van der Waals surface area contributed by atoms with Gasteiger partial charge >= 0.3 is 0 Å². The molecule has 2 aromatic heterocycles. The number of nitrogens with one attached hydrogen (secondary N) is 2. The maximum Gasteiger partial charge on any atom is 0.258 e. The van der Waals surface area contributed by atoms with E-state index in [0.717, 1.165) is 29.6 Å². The normalized spacial score (nSPS) is 17.0. The molecule has 4 rings (SSSR count). The summed E-state index contributed by atoms with van der Waals surface area (Å²) in [6, 6.07) is 5.91. The lowest BCUT2D eigenvalue weighted by Gasteiger charge is -2.32. The molecule has 2 N–H and O–H groups in total. The Bertz CT molecular complexity index is 1090. The van der Waals surface area contributed by atoms with Crippen molar-refractivity contribution in [1.29, 1.82) is 0 Å². The van der Waals surface area contributed by atoms with Crippen LogP contribution in [0.2, 0.25) is 0 Å². The van der Waals surface area contributed by atoms with Crippen LogP contribution in [0.5, 0.6) is 0 Å². The van der Waals surface area contributed by atoms with Crippen LogP contribution < -0.4 is 10.5 Å². The number of aromatic nitrogens is 5. The van der Waals surface area contributed by atoms with Crippen molar-refractivity contribution in [3.05, 3.63) is 51.1 Å². The highest BCUT2D eigenvalue weighted by atomic mass is 16.5. The van der Waals surface area contributed by atoms with Crippen molar-refractivity contribution in [2.24, 2.45) is 0 Å². The van der Waals surface area contributed by atoms with Crippen LogP contribution in [0.1, 0.15) is 49.3 Å². The van der Waals surface area contributed by atoms with Crippen molar-refractivity contribution in [3.8, 4) is 0 Å². The maximum absolute atomic E-state index is 13.2. The number of H-pyrrole nitrogens is 1. The molecule has 0 bridgehead atoms. The van der Waals surface area contributed by atoms with Gasteiger partial charge in [-0.25, -0.2) is 4.68 Å². The maximum atomic E-state index is 13.2. The summed E-state index contributed by atoms with van der Waals surface area (Å²) < 4.78 is 7.40. The topological polar surface area (TPSA) is 90.1 Å². The molecule has 8 heteroatoms. The van der Waals surface area contributed by atoms with Gasteiger partial charge in [-0.3, -0.25) is 4.79 Å². The van der Waals surface area contributed by atoms with Gasteiger partial charge in [0.2, 0.25) is 5.82 Å². The highest BCUT2D eigenvalue weighted by molar-refractivity contribution is 5.80. The van der Waals surface area contributed by atoms with E-state index < -0.39 is 0 Å². The largest absolute Gasteiger partial charge is 0.370 e. The molecule has 3 aromatic rings. The number of ether oxygens (including phenoxy) is 1. The predicted molar refractivity (Wildman–Crippen MR) is 110 cm³/mol. The van der Waals surface area contributed by atoms with Crippen LogP contribution in [0.25, 0.3) is 10.9 Å². The van der Waals surface area contributed by atoms with Gasteiger partial charge in [0.1, 0.15) is 13.1 Å². The minimum absolute atomic E-state index is 0.0896. The van der Waals surface area contributed by atoms with Crippen molar-refractivity contribution < 1.29 is 9.64 Å². The molecule has 0 aliphatic carbocycles. The minimum Gasteiger partial charge on any atom is -0.370 e. The fourth-order valence-electron chi connectivity index (χ4n) is 4.02. The van der Waals surface area contributed by atoms with Crippen LogP contribution in [0.15, 0.2) is 23.0 Å². The van der Waals surface area contributed by atoms with E-state index in [1.807, 2.05) is 16.8 Å². The molecular weight excluding hydrogens is 368 g/mol. The zero-order chi connectivity index (χ0) is 20.8. The highest BCUT2D eigenvalue weighted by Gasteiger charge is 2.37. The molecule has 8 nitrogen and oxygen atoms in total. The number of tetrazole rings is 1. The number of hydrogen-bond donors (Lipinski definition) is 2. The first-order valence-corrected chi connectivity index (χ1v) is 10.1. The number of benzene rings is 1. The number of nitrogens with zero attached hydrogens (tertiary/aromatic N) is 4. The number of aromatic amines is 1. The molecule has 0 amide bonds. The molecular formula is C21H29N6O2+. The molecule has 0 radical (unpaired) electrons. The van der Waals surface area contributed by atoms with E-state index >= 15 is 0 Å². The van der Waals surface area contributed by atoms with Gasteiger partial charge < -0.3 is 14.6 Å². The first-order valence-electron chi connectivity index (χ1n) is 10.1. The minimum atomic E-state index is -0.292. The molecule has 29 heavy (non-hydrogen) atoms. The number of quaternary nitrogens is 1. The van der Waals surface area contributed by atoms with Gasteiger partial charge in [-0.15, -0.1) is 5.10 Å². The van der Waals surface area contributed by atoms with Crippen LogP contribution >= 0.6 is 0 Å². The standard InChI is InChI=1S/C21H28N6O2/c1-13-10-15-12-16(20(28)22-17(15)11-14(13)2)18(26-6-8-29-9-7-26)19-23-24-25-27(19)21(3,4)5/h10-12,18H,6-9H2,1-5H3,(H,22,28)/p+1/t18-/m1/s1. The Labute approximate surface area is 169 Å². The number of morpholine rings is 1. The van der Waals surface area contributed by atoms with E-state index in [4.69, 9.17) is 4.74 Å². The lowest BCUT2D eigenvalue weighted by molar-refractivity contribution is -0.934. The summed E-state index contributed by atoms with van der Waals surface area (Å²) >= 11 is 0. The van der Waals surface area contributed by atoms with E-state index in [1.54, 1.807) is 0 Å². The fraction of sp³-hybridized carbons (Fsp3) is 0.524. The molecule has 1 aliphatic heterocycles. The Balaban J connectivity index is 1.92. The van der Waals surface area contributed by atoms with Crippen molar-refractivity contribution in [3.63, 3.8) is 0 Å². The number of hydrogen-bond acceptors (Lipinski definition) is 5. The molecule has 0 saturated carbocycles. The molecule has 0 unspecified atom stereocenters. The Morgan fingerprint density at radius 2 is 1.83 bits per heavy atom. The van der Waals surface area contributed by atoms with Gasteiger partial charge in [-0.2, -0.15) is 0 Å². The van der Waals surface area contributed by atoms with E-state index in [1.165, 1.54) is 10.5 Å². The quantitative estimate of drug-likeness (QED) is 0.685. The Kier molecular flexibility index (Phi) is 5.00. The molecule has 1 saturated heterocycles. The summed E-state index contributed by atoms with van der Waals surface area (Å²) in [6.07, 6.45) is 0. The highest BCUT2D eigenvalue weighted by Crippen LogP contribution is 2.23. The van der Waals surface area contributed by atoms with Gasteiger partial charge in [-0.05, 0) is 79.8 Å². The molecule has 3 heterocycles. The SMILES string of the molecule is Cc1cc2cc([C@H](c3nnnn3C(C)(C)C)[NH+]3CCOCC3)c(=O)[nH]c2cc1C. The molecule has 154 valence electrons. The van der Waals surface area contributed by atoms with Gasteiger partial charge in [0, 0.05) is 5.52 Å². The van der Waals surface area contributed by atoms with Crippen LogP contribution in [0.4, 0.5) is 0 Å². The van der Waals surface area contributed by atoms with Crippen LogP contribution in [-0.4, -0.2) is 51.5 Å². The van der Waals surface area contributed by atoms with Crippen molar-refractivity contribution in [1.82, 2.24) is 25.2 Å². The average molecular weight is 398 g/mol. The summed E-state index contributed by atoms with van der Waals surface area (Å²) in [7, 11) is 0. The molecule has 1 atom stereocenters. The summed E-state index contributed by atoms with van der Waals surface area (Å²) in [4.78, 5) is 17.5. The summed E-state index contributed by atoms with van der Waals surface area (Å²) in [5.41, 5.74) is 3.53. The molecule has 0 spiro atoms. The summed E-state index contributed by atoms with van der Waals surface area (Å²) in [5.74, 6) is 0.711. The van der Waals surface area contributed by atoms with Crippen LogP contribution in [0.3, 0.4) is 0 Å².